The summed E-state index contributed by atoms with van der Waals surface area (Å²) in [5.74, 6) is 0.154. The molecule has 0 radical (unpaired) electrons. The molecule has 2 rings (SSSR count). The summed E-state index contributed by atoms with van der Waals surface area (Å²) in [6.45, 7) is 0.387. The molecule has 2 aromatic carbocycles. The van der Waals surface area contributed by atoms with E-state index in [1.54, 1.807) is 24.3 Å². The number of carbonyl (C=O) groups excluding carboxylic acids is 2. The van der Waals surface area contributed by atoms with E-state index in [9.17, 15) is 9.59 Å². The van der Waals surface area contributed by atoms with Crippen molar-refractivity contribution in [3.63, 3.8) is 0 Å². The first kappa shape index (κ1) is 20.0. The number of methoxy groups -OCH3 is 1. The van der Waals surface area contributed by atoms with Gasteiger partial charge in [-0.15, -0.1) is 0 Å². The van der Waals surface area contributed by atoms with Crippen molar-refractivity contribution in [3.05, 3.63) is 65.7 Å². The molecule has 0 saturated heterocycles. The van der Waals surface area contributed by atoms with Crippen LogP contribution < -0.4 is 20.5 Å². The molecule has 0 aliphatic carbocycles. The van der Waals surface area contributed by atoms with Crippen LogP contribution in [0, 0.1) is 0 Å². The van der Waals surface area contributed by atoms with Gasteiger partial charge in [0.15, 0.2) is 18.1 Å². The summed E-state index contributed by atoms with van der Waals surface area (Å²) in [4.78, 5) is 22.7. The third kappa shape index (κ3) is 7.23. The van der Waals surface area contributed by atoms with Crippen molar-refractivity contribution >= 4 is 17.9 Å². The summed E-state index contributed by atoms with van der Waals surface area (Å²) >= 11 is 0. The van der Waals surface area contributed by atoms with E-state index in [-0.39, 0.29) is 12.5 Å². The summed E-state index contributed by atoms with van der Waals surface area (Å²) in [7, 11) is 1.50. The standard InChI is InChI=1S/C21H24N2O4/c1-26-19-14-17(9-11-18(19)27-15-20(22)24)10-12-21(25)23-13-5-8-16-6-3-2-4-7-16/h2-4,6-7,9-12,14H,5,8,13,15H2,1H3,(H2,22,24)(H,23,25)/b12-10+. The third-order valence-corrected chi connectivity index (χ3v) is 3.77. The summed E-state index contributed by atoms with van der Waals surface area (Å²) < 4.78 is 10.5. The Morgan fingerprint density at radius 2 is 1.89 bits per heavy atom. The molecule has 6 heteroatoms. The fourth-order valence-corrected chi connectivity index (χ4v) is 2.44. The lowest BCUT2D eigenvalue weighted by atomic mass is 10.1. The Morgan fingerprint density at radius 3 is 2.59 bits per heavy atom. The van der Waals surface area contributed by atoms with Gasteiger partial charge in [-0.2, -0.15) is 0 Å². The first-order chi connectivity index (χ1) is 13.1. The summed E-state index contributed by atoms with van der Waals surface area (Å²) in [5, 5.41) is 2.86. The minimum absolute atomic E-state index is 0.156. The van der Waals surface area contributed by atoms with Gasteiger partial charge in [-0.05, 0) is 42.2 Å². The molecule has 0 bridgehead atoms. The van der Waals surface area contributed by atoms with Gasteiger partial charge in [0.1, 0.15) is 0 Å². The van der Waals surface area contributed by atoms with Gasteiger partial charge >= 0.3 is 0 Å². The van der Waals surface area contributed by atoms with Crippen LogP contribution in [0.3, 0.4) is 0 Å². The Labute approximate surface area is 159 Å². The van der Waals surface area contributed by atoms with Crippen LogP contribution in [0.4, 0.5) is 0 Å². The predicted octanol–water partition coefficient (Wildman–Crippen LogP) is 2.32. The van der Waals surface area contributed by atoms with Gasteiger partial charge in [0.25, 0.3) is 5.91 Å². The molecule has 0 unspecified atom stereocenters. The van der Waals surface area contributed by atoms with Gasteiger partial charge in [-0.25, -0.2) is 0 Å². The summed E-state index contributed by atoms with van der Waals surface area (Å²) in [5.41, 5.74) is 7.10. The van der Waals surface area contributed by atoms with E-state index in [4.69, 9.17) is 15.2 Å². The number of rotatable bonds is 10. The second kappa shape index (κ2) is 10.7. The lowest BCUT2D eigenvalue weighted by Gasteiger charge is -2.10. The number of carbonyl (C=O) groups is 2. The van der Waals surface area contributed by atoms with E-state index < -0.39 is 5.91 Å². The number of nitrogens with one attached hydrogen (secondary N) is 1. The van der Waals surface area contributed by atoms with E-state index in [2.05, 4.69) is 17.4 Å². The van der Waals surface area contributed by atoms with Gasteiger partial charge < -0.3 is 20.5 Å². The van der Waals surface area contributed by atoms with Crippen LogP contribution in [-0.2, 0) is 16.0 Å². The molecule has 27 heavy (non-hydrogen) atoms. The van der Waals surface area contributed by atoms with Crippen molar-refractivity contribution in [2.75, 3.05) is 20.3 Å². The zero-order valence-electron chi connectivity index (χ0n) is 15.3. The number of benzene rings is 2. The molecular formula is C21H24N2O4. The van der Waals surface area contributed by atoms with Crippen molar-refractivity contribution in [1.29, 1.82) is 0 Å². The largest absolute Gasteiger partial charge is 0.493 e. The summed E-state index contributed by atoms with van der Waals surface area (Å²) in [6.07, 6.45) is 4.96. The molecule has 0 atom stereocenters. The Hall–Kier alpha value is -3.28. The van der Waals surface area contributed by atoms with E-state index in [1.165, 1.54) is 18.7 Å². The molecule has 3 N–H and O–H groups in total. The lowest BCUT2D eigenvalue weighted by molar-refractivity contribution is -0.120. The molecule has 2 aromatic rings. The second-order valence-electron chi connectivity index (χ2n) is 5.88. The third-order valence-electron chi connectivity index (χ3n) is 3.77. The number of amides is 2. The highest BCUT2D eigenvalue weighted by atomic mass is 16.5. The Kier molecular flexibility index (Phi) is 7.91. The number of primary amides is 1. The molecule has 6 nitrogen and oxygen atoms in total. The van der Waals surface area contributed by atoms with Gasteiger partial charge in [0.05, 0.1) is 7.11 Å². The Bertz CT molecular complexity index is 788. The van der Waals surface area contributed by atoms with Crippen molar-refractivity contribution < 1.29 is 19.1 Å². The molecule has 0 saturated carbocycles. The van der Waals surface area contributed by atoms with Crippen LogP contribution in [0.2, 0.25) is 0 Å². The fraction of sp³-hybridized carbons (Fsp3) is 0.238. The normalized spacial score (nSPS) is 10.6. The number of hydrogen-bond donors (Lipinski definition) is 2. The SMILES string of the molecule is COc1cc(/C=C/C(=O)NCCCc2ccccc2)ccc1OCC(N)=O. The predicted molar refractivity (Wildman–Crippen MR) is 104 cm³/mol. The molecule has 2 amide bonds. The first-order valence-corrected chi connectivity index (χ1v) is 8.67. The highest BCUT2D eigenvalue weighted by Gasteiger charge is 2.06. The molecular weight excluding hydrogens is 344 g/mol. The first-order valence-electron chi connectivity index (χ1n) is 8.67. The highest BCUT2D eigenvalue weighted by Crippen LogP contribution is 2.28. The molecule has 0 heterocycles. The van der Waals surface area contributed by atoms with Crippen molar-refractivity contribution in [1.82, 2.24) is 5.32 Å². The van der Waals surface area contributed by atoms with Crippen LogP contribution in [0.25, 0.3) is 6.08 Å². The quantitative estimate of drug-likeness (QED) is 0.497. The van der Waals surface area contributed by atoms with Gasteiger partial charge in [0, 0.05) is 12.6 Å². The molecule has 0 fully saturated rings. The van der Waals surface area contributed by atoms with Crippen molar-refractivity contribution in [2.24, 2.45) is 5.73 Å². The number of aryl methyl sites for hydroxylation is 1. The van der Waals surface area contributed by atoms with Crippen LogP contribution >= 0.6 is 0 Å². The van der Waals surface area contributed by atoms with Gasteiger partial charge in [0.2, 0.25) is 5.91 Å². The Morgan fingerprint density at radius 1 is 1.11 bits per heavy atom. The van der Waals surface area contributed by atoms with Crippen LogP contribution in [0.15, 0.2) is 54.6 Å². The second-order valence-corrected chi connectivity index (χ2v) is 5.88. The minimum atomic E-state index is -0.565. The summed E-state index contributed by atoms with van der Waals surface area (Å²) in [6, 6.07) is 15.3. The highest BCUT2D eigenvalue weighted by molar-refractivity contribution is 5.91. The average molecular weight is 368 g/mol. The number of ether oxygens (including phenoxy) is 2. The monoisotopic (exact) mass is 368 g/mol. The number of hydrogen-bond acceptors (Lipinski definition) is 4. The van der Waals surface area contributed by atoms with E-state index in [0.29, 0.717) is 18.0 Å². The molecule has 0 aliphatic rings. The molecule has 0 aromatic heterocycles. The zero-order chi connectivity index (χ0) is 19.5. The van der Waals surface area contributed by atoms with E-state index >= 15 is 0 Å². The smallest absolute Gasteiger partial charge is 0.255 e. The maximum atomic E-state index is 11.9. The van der Waals surface area contributed by atoms with Crippen molar-refractivity contribution in [3.8, 4) is 11.5 Å². The van der Waals surface area contributed by atoms with E-state index in [0.717, 1.165) is 18.4 Å². The van der Waals surface area contributed by atoms with Crippen LogP contribution in [-0.4, -0.2) is 32.1 Å². The molecule has 0 aliphatic heterocycles. The Balaban J connectivity index is 1.81. The van der Waals surface area contributed by atoms with Crippen LogP contribution in [0.5, 0.6) is 11.5 Å². The van der Waals surface area contributed by atoms with Crippen LogP contribution in [0.1, 0.15) is 17.5 Å². The number of nitrogens with two attached hydrogens (primary N) is 1. The zero-order valence-corrected chi connectivity index (χ0v) is 15.3. The molecule has 142 valence electrons. The van der Waals surface area contributed by atoms with Gasteiger partial charge in [-0.1, -0.05) is 36.4 Å². The maximum absolute atomic E-state index is 11.9. The van der Waals surface area contributed by atoms with Gasteiger partial charge in [-0.3, -0.25) is 9.59 Å². The maximum Gasteiger partial charge on any atom is 0.255 e. The fourth-order valence-electron chi connectivity index (χ4n) is 2.44. The lowest BCUT2D eigenvalue weighted by Crippen LogP contribution is -2.22. The minimum Gasteiger partial charge on any atom is -0.493 e. The average Bonchev–Trinajstić information content (AvgIpc) is 2.69. The van der Waals surface area contributed by atoms with Crippen molar-refractivity contribution in [2.45, 2.75) is 12.8 Å². The van der Waals surface area contributed by atoms with E-state index in [1.807, 2.05) is 18.2 Å². The molecule has 0 spiro atoms. The topological polar surface area (TPSA) is 90.7 Å².